The smallest absolute Gasteiger partial charge is 0.274 e. The van der Waals surface area contributed by atoms with Crippen molar-refractivity contribution in [1.82, 2.24) is 5.48 Å². The second-order valence-corrected chi connectivity index (χ2v) is 3.75. The lowest BCUT2D eigenvalue weighted by molar-refractivity contribution is 0.0233. The molecule has 2 aromatic rings. The highest BCUT2D eigenvalue weighted by Gasteiger charge is 2.04. The van der Waals surface area contributed by atoms with Crippen molar-refractivity contribution in [2.24, 2.45) is 0 Å². The number of amides is 1. The van der Waals surface area contributed by atoms with Crippen LogP contribution in [0, 0.1) is 0 Å². The van der Waals surface area contributed by atoms with Crippen LogP contribution in [0.4, 0.5) is 0 Å². The van der Waals surface area contributed by atoms with Gasteiger partial charge in [0.2, 0.25) is 0 Å². The van der Waals surface area contributed by atoms with Crippen LogP contribution in [-0.2, 0) is 11.4 Å². The number of rotatable bonds is 4. The van der Waals surface area contributed by atoms with E-state index in [2.05, 4.69) is 5.48 Å². The van der Waals surface area contributed by atoms with Gasteiger partial charge < -0.3 is 5.11 Å². The largest absolute Gasteiger partial charge is 0.508 e. The van der Waals surface area contributed by atoms with Gasteiger partial charge in [-0.25, -0.2) is 5.48 Å². The van der Waals surface area contributed by atoms with Crippen LogP contribution in [0.15, 0.2) is 54.6 Å². The van der Waals surface area contributed by atoms with Crippen molar-refractivity contribution in [3.8, 4) is 5.75 Å². The van der Waals surface area contributed by atoms with Crippen molar-refractivity contribution in [2.75, 3.05) is 0 Å². The summed E-state index contributed by atoms with van der Waals surface area (Å²) in [6, 6.07) is 15.5. The molecular weight excluding hydrogens is 230 g/mol. The molecule has 2 N–H and O–H groups in total. The van der Waals surface area contributed by atoms with Crippen LogP contribution in [-0.4, -0.2) is 11.0 Å². The fourth-order valence-electron chi connectivity index (χ4n) is 1.43. The molecule has 0 aliphatic carbocycles. The second kappa shape index (κ2) is 5.84. The summed E-state index contributed by atoms with van der Waals surface area (Å²) in [6.45, 7) is 0.310. The second-order valence-electron chi connectivity index (χ2n) is 3.75. The minimum absolute atomic E-state index is 0.122. The van der Waals surface area contributed by atoms with Gasteiger partial charge in [-0.3, -0.25) is 9.63 Å². The maximum absolute atomic E-state index is 11.6. The normalized spacial score (nSPS) is 10.0. The summed E-state index contributed by atoms with van der Waals surface area (Å²) in [5.74, 6) is -0.220. The molecule has 4 heteroatoms. The number of hydrogen-bond donors (Lipinski definition) is 2. The predicted molar refractivity (Wildman–Crippen MR) is 66.8 cm³/mol. The average Bonchev–Trinajstić information content (AvgIpc) is 2.40. The van der Waals surface area contributed by atoms with E-state index in [1.807, 2.05) is 30.3 Å². The van der Waals surface area contributed by atoms with E-state index in [1.165, 1.54) is 24.3 Å². The van der Waals surface area contributed by atoms with Gasteiger partial charge in [-0.1, -0.05) is 30.3 Å². The Morgan fingerprint density at radius 2 is 1.72 bits per heavy atom. The van der Waals surface area contributed by atoms with Crippen LogP contribution < -0.4 is 5.48 Å². The zero-order valence-corrected chi connectivity index (χ0v) is 9.67. The first kappa shape index (κ1) is 12.1. The van der Waals surface area contributed by atoms with Gasteiger partial charge in [-0.05, 0) is 29.8 Å². The highest BCUT2D eigenvalue weighted by molar-refractivity contribution is 5.93. The van der Waals surface area contributed by atoms with Crippen LogP contribution in [0.3, 0.4) is 0 Å². The van der Waals surface area contributed by atoms with Gasteiger partial charge in [0.1, 0.15) is 5.75 Å². The Bertz CT molecular complexity index is 508. The monoisotopic (exact) mass is 243 g/mol. The molecule has 4 nitrogen and oxygen atoms in total. The SMILES string of the molecule is O=C(NOCc1ccccc1)c1ccc(O)cc1. The van der Waals surface area contributed by atoms with Crippen molar-refractivity contribution in [3.63, 3.8) is 0 Å². The van der Waals surface area contributed by atoms with Gasteiger partial charge in [-0.15, -0.1) is 0 Å². The van der Waals surface area contributed by atoms with Crippen LogP contribution in [0.2, 0.25) is 0 Å². The van der Waals surface area contributed by atoms with Crippen LogP contribution >= 0.6 is 0 Å². The molecule has 92 valence electrons. The molecule has 0 aliphatic rings. The molecule has 2 rings (SSSR count). The van der Waals surface area contributed by atoms with E-state index in [4.69, 9.17) is 9.94 Å². The maximum atomic E-state index is 11.6. The maximum Gasteiger partial charge on any atom is 0.274 e. The van der Waals surface area contributed by atoms with Gasteiger partial charge >= 0.3 is 0 Å². The fraction of sp³-hybridized carbons (Fsp3) is 0.0714. The molecule has 0 aliphatic heterocycles. The van der Waals surface area contributed by atoms with Gasteiger partial charge in [0, 0.05) is 5.56 Å². The summed E-state index contributed by atoms with van der Waals surface area (Å²) in [5.41, 5.74) is 3.75. The molecule has 0 fully saturated rings. The lowest BCUT2D eigenvalue weighted by Gasteiger charge is -2.06. The summed E-state index contributed by atoms with van der Waals surface area (Å²) in [5, 5.41) is 9.10. The number of carbonyl (C=O) groups is 1. The van der Waals surface area contributed by atoms with E-state index < -0.39 is 0 Å². The minimum Gasteiger partial charge on any atom is -0.508 e. The summed E-state index contributed by atoms with van der Waals surface area (Å²) in [6.07, 6.45) is 0. The van der Waals surface area contributed by atoms with Crippen LogP contribution in [0.25, 0.3) is 0 Å². The van der Waals surface area contributed by atoms with Crippen LogP contribution in [0.1, 0.15) is 15.9 Å². The average molecular weight is 243 g/mol. The topological polar surface area (TPSA) is 58.6 Å². The predicted octanol–water partition coefficient (Wildman–Crippen LogP) is 2.25. The third-order valence-corrected chi connectivity index (χ3v) is 2.38. The molecule has 0 radical (unpaired) electrons. The van der Waals surface area contributed by atoms with Gasteiger partial charge in [0.15, 0.2) is 0 Å². The number of carbonyl (C=O) groups excluding carboxylic acids is 1. The first-order valence-electron chi connectivity index (χ1n) is 5.51. The lowest BCUT2D eigenvalue weighted by Crippen LogP contribution is -2.23. The molecule has 0 heterocycles. The third-order valence-electron chi connectivity index (χ3n) is 2.38. The number of phenols is 1. The number of benzene rings is 2. The molecule has 0 saturated carbocycles. The standard InChI is InChI=1S/C14H13NO3/c16-13-8-6-12(7-9-13)14(17)15-18-10-11-4-2-1-3-5-11/h1-9,16H,10H2,(H,15,17). The Labute approximate surface area is 105 Å². The number of aromatic hydroxyl groups is 1. The molecule has 0 aromatic heterocycles. The van der Waals surface area contributed by atoms with E-state index in [0.29, 0.717) is 12.2 Å². The van der Waals surface area contributed by atoms with Crippen molar-refractivity contribution in [2.45, 2.75) is 6.61 Å². The van der Waals surface area contributed by atoms with Crippen molar-refractivity contribution >= 4 is 5.91 Å². The molecular formula is C14H13NO3. The van der Waals surface area contributed by atoms with E-state index in [0.717, 1.165) is 5.56 Å². The minimum atomic E-state index is -0.342. The van der Waals surface area contributed by atoms with Crippen LogP contribution in [0.5, 0.6) is 5.75 Å². The molecule has 1 amide bonds. The summed E-state index contributed by atoms with van der Waals surface area (Å²) in [4.78, 5) is 16.7. The van der Waals surface area contributed by atoms with E-state index >= 15 is 0 Å². The van der Waals surface area contributed by atoms with Crippen molar-refractivity contribution in [3.05, 3.63) is 65.7 Å². The number of phenolic OH excluding ortho intramolecular Hbond substituents is 1. The number of hydroxylamine groups is 1. The Kier molecular flexibility index (Phi) is 3.94. The van der Waals surface area contributed by atoms with E-state index in [-0.39, 0.29) is 11.7 Å². The molecule has 0 spiro atoms. The molecule has 0 unspecified atom stereocenters. The zero-order valence-electron chi connectivity index (χ0n) is 9.67. The third kappa shape index (κ3) is 3.33. The van der Waals surface area contributed by atoms with Crippen molar-refractivity contribution < 1.29 is 14.7 Å². The lowest BCUT2D eigenvalue weighted by atomic mass is 10.2. The summed E-state index contributed by atoms with van der Waals surface area (Å²) < 4.78 is 0. The van der Waals surface area contributed by atoms with Crippen molar-refractivity contribution in [1.29, 1.82) is 0 Å². The summed E-state index contributed by atoms with van der Waals surface area (Å²) in [7, 11) is 0. The molecule has 0 saturated heterocycles. The molecule has 2 aromatic carbocycles. The number of nitrogens with one attached hydrogen (secondary N) is 1. The molecule has 0 atom stereocenters. The quantitative estimate of drug-likeness (QED) is 0.810. The van der Waals surface area contributed by atoms with Gasteiger partial charge in [0.05, 0.1) is 6.61 Å². The fourth-order valence-corrected chi connectivity index (χ4v) is 1.43. The first-order chi connectivity index (χ1) is 8.75. The zero-order chi connectivity index (χ0) is 12.8. The molecule has 0 bridgehead atoms. The molecule has 18 heavy (non-hydrogen) atoms. The Morgan fingerprint density at radius 1 is 1.06 bits per heavy atom. The Morgan fingerprint density at radius 3 is 2.39 bits per heavy atom. The van der Waals surface area contributed by atoms with E-state index in [1.54, 1.807) is 0 Å². The van der Waals surface area contributed by atoms with Gasteiger partial charge in [0.25, 0.3) is 5.91 Å². The van der Waals surface area contributed by atoms with E-state index in [9.17, 15) is 4.79 Å². The first-order valence-corrected chi connectivity index (χ1v) is 5.51. The number of hydrogen-bond acceptors (Lipinski definition) is 3. The van der Waals surface area contributed by atoms with Gasteiger partial charge in [-0.2, -0.15) is 0 Å². The summed E-state index contributed by atoms with van der Waals surface area (Å²) >= 11 is 0. The Hall–Kier alpha value is -2.33. The highest BCUT2D eigenvalue weighted by atomic mass is 16.6. The Balaban J connectivity index is 1.84. The highest BCUT2D eigenvalue weighted by Crippen LogP contribution is 2.09.